The van der Waals surface area contributed by atoms with Gasteiger partial charge in [-0.05, 0) is 26.9 Å². The third kappa shape index (κ3) is 6.93. The number of piperazine rings is 1. The summed E-state index contributed by atoms with van der Waals surface area (Å²) in [7, 11) is 2.17. The normalized spacial score (nSPS) is 17.9. The summed E-state index contributed by atoms with van der Waals surface area (Å²) in [6.07, 6.45) is 1.39. The largest absolute Gasteiger partial charge is 0.466 e. The molecule has 1 fully saturated rings. The average molecular weight is 257 g/mol. The third-order valence-corrected chi connectivity index (χ3v) is 3.24. The smallest absolute Gasteiger partial charge is 0.305 e. The highest BCUT2D eigenvalue weighted by Crippen LogP contribution is 1.97. The number of rotatable bonds is 8. The lowest BCUT2D eigenvalue weighted by Crippen LogP contribution is -2.46. The van der Waals surface area contributed by atoms with Gasteiger partial charge in [0.05, 0.1) is 6.61 Å². The predicted octanol–water partition coefficient (Wildman–Crippen LogP) is 0.167. The van der Waals surface area contributed by atoms with Crippen LogP contribution in [0.3, 0.4) is 0 Å². The first kappa shape index (κ1) is 15.4. The summed E-state index contributed by atoms with van der Waals surface area (Å²) in [4.78, 5) is 15.9. The molecule has 18 heavy (non-hydrogen) atoms. The van der Waals surface area contributed by atoms with Gasteiger partial charge in [-0.2, -0.15) is 0 Å². The van der Waals surface area contributed by atoms with Crippen molar-refractivity contribution in [1.29, 1.82) is 0 Å². The molecule has 0 aromatic rings. The maximum absolute atomic E-state index is 11.1. The number of likely N-dealkylation sites (N-methyl/N-ethyl adjacent to an activating group) is 1. The van der Waals surface area contributed by atoms with Gasteiger partial charge >= 0.3 is 5.97 Å². The minimum Gasteiger partial charge on any atom is -0.466 e. The molecule has 1 saturated heterocycles. The molecule has 0 saturated carbocycles. The fourth-order valence-corrected chi connectivity index (χ4v) is 2.02. The first-order chi connectivity index (χ1) is 8.72. The number of ether oxygens (including phenoxy) is 1. The highest BCUT2D eigenvalue weighted by molar-refractivity contribution is 5.69. The second kappa shape index (κ2) is 9.30. The van der Waals surface area contributed by atoms with Crippen LogP contribution in [-0.4, -0.2) is 75.2 Å². The number of carbonyl (C=O) groups excluding carboxylic acids is 1. The summed E-state index contributed by atoms with van der Waals surface area (Å²) >= 11 is 0. The Kier molecular flexibility index (Phi) is 7.96. The lowest BCUT2D eigenvalue weighted by atomic mass is 10.3. The Hall–Kier alpha value is -0.650. The molecule has 1 aliphatic heterocycles. The Bertz CT molecular complexity index is 228. The number of nitrogens with zero attached hydrogens (tertiary/aromatic N) is 2. The molecule has 0 bridgehead atoms. The zero-order chi connectivity index (χ0) is 13.2. The topological polar surface area (TPSA) is 44.8 Å². The molecule has 5 heteroatoms. The molecule has 0 atom stereocenters. The van der Waals surface area contributed by atoms with E-state index < -0.39 is 0 Å². The lowest BCUT2D eigenvalue weighted by molar-refractivity contribution is -0.143. The van der Waals surface area contributed by atoms with Crippen LogP contribution in [-0.2, 0) is 9.53 Å². The van der Waals surface area contributed by atoms with Gasteiger partial charge in [-0.15, -0.1) is 0 Å². The Balaban J connectivity index is 1.88. The van der Waals surface area contributed by atoms with Gasteiger partial charge in [0, 0.05) is 45.7 Å². The number of hydrogen-bond acceptors (Lipinski definition) is 5. The van der Waals surface area contributed by atoms with E-state index >= 15 is 0 Å². The van der Waals surface area contributed by atoms with Gasteiger partial charge in [0.2, 0.25) is 0 Å². The van der Waals surface area contributed by atoms with E-state index in [1.165, 1.54) is 26.2 Å². The zero-order valence-electron chi connectivity index (χ0n) is 11.8. The van der Waals surface area contributed by atoms with Gasteiger partial charge in [-0.25, -0.2) is 0 Å². The van der Waals surface area contributed by atoms with Gasteiger partial charge in [0.1, 0.15) is 0 Å². The molecule has 0 unspecified atom stereocenters. The molecule has 5 nitrogen and oxygen atoms in total. The number of carbonyl (C=O) groups is 1. The van der Waals surface area contributed by atoms with Gasteiger partial charge in [-0.3, -0.25) is 9.69 Å². The highest BCUT2D eigenvalue weighted by atomic mass is 16.5. The SMILES string of the molecule is CCOC(=O)CCCNCCN1CCN(C)CC1. The highest BCUT2D eigenvalue weighted by Gasteiger charge is 2.12. The molecule has 0 aromatic heterocycles. The van der Waals surface area contributed by atoms with Crippen molar-refractivity contribution in [3.63, 3.8) is 0 Å². The number of hydrogen-bond donors (Lipinski definition) is 1. The van der Waals surface area contributed by atoms with E-state index in [9.17, 15) is 4.79 Å². The van der Waals surface area contributed by atoms with Crippen molar-refractivity contribution < 1.29 is 9.53 Å². The van der Waals surface area contributed by atoms with Crippen molar-refractivity contribution in [2.45, 2.75) is 19.8 Å². The third-order valence-electron chi connectivity index (χ3n) is 3.24. The van der Waals surface area contributed by atoms with Crippen molar-refractivity contribution in [2.24, 2.45) is 0 Å². The van der Waals surface area contributed by atoms with E-state index in [4.69, 9.17) is 4.74 Å². The van der Waals surface area contributed by atoms with E-state index in [1.807, 2.05) is 6.92 Å². The van der Waals surface area contributed by atoms with Crippen LogP contribution < -0.4 is 5.32 Å². The lowest BCUT2D eigenvalue weighted by Gasteiger charge is -2.32. The maximum atomic E-state index is 11.1. The molecule has 106 valence electrons. The van der Waals surface area contributed by atoms with Crippen molar-refractivity contribution >= 4 is 5.97 Å². The summed E-state index contributed by atoms with van der Waals surface area (Å²) in [6.45, 7) is 10.0. The summed E-state index contributed by atoms with van der Waals surface area (Å²) in [6, 6.07) is 0. The van der Waals surface area contributed by atoms with Crippen molar-refractivity contribution in [1.82, 2.24) is 15.1 Å². The van der Waals surface area contributed by atoms with Crippen LogP contribution >= 0.6 is 0 Å². The standard InChI is InChI=1S/C13H27N3O2/c1-3-18-13(17)5-4-6-14-7-8-16-11-9-15(2)10-12-16/h14H,3-12H2,1-2H3. The van der Waals surface area contributed by atoms with Crippen LogP contribution in [0, 0.1) is 0 Å². The van der Waals surface area contributed by atoms with E-state index in [2.05, 4.69) is 22.2 Å². The minimum atomic E-state index is -0.0848. The van der Waals surface area contributed by atoms with Gasteiger partial charge < -0.3 is 15.0 Å². The Morgan fingerprint density at radius 1 is 1.22 bits per heavy atom. The van der Waals surface area contributed by atoms with E-state index in [0.29, 0.717) is 13.0 Å². The fourth-order valence-electron chi connectivity index (χ4n) is 2.02. The number of esters is 1. The van der Waals surface area contributed by atoms with Gasteiger partial charge in [-0.1, -0.05) is 0 Å². The Morgan fingerprint density at radius 3 is 2.61 bits per heavy atom. The van der Waals surface area contributed by atoms with Crippen LogP contribution in [0.25, 0.3) is 0 Å². The van der Waals surface area contributed by atoms with E-state index in [0.717, 1.165) is 26.1 Å². The molecular weight excluding hydrogens is 230 g/mol. The molecule has 0 spiro atoms. The Labute approximate surface area is 110 Å². The minimum absolute atomic E-state index is 0.0848. The number of nitrogens with one attached hydrogen (secondary N) is 1. The van der Waals surface area contributed by atoms with Crippen LogP contribution in [0.5, 0.6) is 0 Å². The molecular formula is C13H27N3O2. The van der Waals surface area contributed by atoms with E-state index in [1.54, 1.807) is 0 Å². The van der Waals surface area contributed by atoms with Gasteiger partial charge in [0.15, 0.2) is 0 Å². The molecule has 1 rings (SSSR count). The monoisotopic (exact) mass is 257 g/mol. The maximum Gasteiger partial charge on any atom is 0.305 e. The summed E-state index contributed by atoms with van der Waals surface area (Å²) in [5, 5.41) is 3.38. The molecule has 0 radical (unpaired) electrons. The molecule has 0 aromatic carbocycles. The van der Waals surface area contributed by atoms with Crippen molar-refractivity contribution in [3.8, 4) is 0 Å². The van der Waals surface area contributed by atoms with E-state index in [-0.39, 0.29) is 5.97 Å². The van der Waals surface area contributed by atoms with Crippen LogP contribution in [0.2, 0.25) is 0 Å². The molecule has 1 N–H and O–H groups in total. The molecule has 1 heterocycles. The second-order valence-corrected chi connectivity index (χ2v) is 4.80. The van der Waals surface area contributed by atoms with Crippen LogP contribution in [0.4, 0.5) is 0 Å². The zero-order valence-corrected chi connectivity index (χ0v) is 11.8. The summed E-state index contributed by atoms with van der Waals surface area (Å²) in [5.74, 6) is -0.0848. The van der Waals surface area contributed by atoms with Crippen molar-refractivity contribution in [3.05, 3.63) is 0 Å². The summed E-state index contributed by atoms with van der Waals surface area (Å²) < 4.78 is 4.87. The molecule has 0 aliphatic carbocycles. The Morgan fingerprint density at radius 2 is 1.94 bits per heavy atom. The second-order valence-electron chi connectivity index (χ2n) is 4.80. The van der Waals surface area contributed by atoms with Crippen LogP contribution in [0.15, 0.2) is 0 Å². The first-order valence-electron chi connectivity index (χ1n) is 6.99. The quantitative estimate of drug-likeness (QED) is 0.496. The van der Waals surface area contributed by atoms with Gasteiger partial charge in [0.25, 0.3) is 0 Å². The summed E-state index contributed by atoms with van der Waals surface area (Å²) in [5.41, 5.74) is 0. The molecule has 0 amide bonds. The first-order valence-corrected chi connectivity index (χ1v) is 6.99. The van der Waals surface area contributed by atoms with Crippen molar-refractivity contribution in [2.75, 3.05) is 59.5 Å². The predicted molar refractivity (Wildman–Crippen MR) is 72.7 cm³/mol. The van der Waals surface area contributed by atoms with Crippen LogP contribution in [0.1, 0.15) is 19.8 Å². The fraction of sp³-hybridized carbons (Fsp3) is 0.923. The average Bonchev–Trinajstić information content (AvgIpc) is 2.36. The molecule has 1 aliphatic rings.